The molecule has 1 amide bonds. The molecule has 0 bridgehead atoms. The van der Waals surface area contributed by atoms with Gasteiger partial charge in [0.1, 0.15) is 17.6 Å². The van der Waals surface area contributed by atoms with Gasteiger partial charge in [-0.3, -0.25) is 4.90 Å². The molecule has 0 aliphatic carbocycles. The minimum Gasteiger partial charge on any atom is -0.359 e. The number of hydrogen-bond donors (Lipinski definition) is 0. The summed E-state index contributed by atoms with van der Waals surface area (Å²) in [6.45, 7) is 4.47. The highest BCUT2D eigenvalue weighted by atomic mass is 35.5. The summed E-state index contributed by atoms with van der Waals surface area (Å²) in [5.74, 6) is 0. The molecule has 0 N–H and O–H groups in total. The van der Waals surface area contributed by atoms with E-state index in [9.17, 15) is 4.79 Å². The zero-order valence-electron chi connectivity index (χ0n) is 12.5. The largest absolute Gasteiger partial charge is 0.359 e. The van der Waals surface area contributed by atoms with Gasteiger partial charge < -0.3 is 4.74 Å². The van der Waals surface area contributed by atoms with Crippen LogP contribution in [0, 0.1) is 0 Å². The van der Waals surface area contributed by atoms with Crippen LogP contribution in [0.15, 0.2) is 24.3 Å². The topological polar surface area (TPSA) is 47.4 Å². The van der Waals surface area contributed by atoms with E-state index in [-0.39, 0.29) is 23.2 Å². The molecular formula is C15H14Cl3N3O2. The van der Waals surface area contributed by atoms with Crippen molar-refractivity contribution < 1.29 is 9.53 Å². The molecular weight excluding hydrogens is 361 g/mol. The van der Waals surface area contributed by atoms with Crippen molar-refractivity contribution >= 4 is 40.8 Å². The minimum absolute atomic E-state index is 0.00708. The van der Waals surface area contributed by atoms with Crippen molar-refractivity contribution in [2.24, 2.45) is 0 Å². The number of rotatable bonds is 1. The molecule has 1 aromatic carbocycles. The highest BCUT2D eigenvalue weighted by Crippen LogP contribution is 2.33. The van der Waals surface area contributed by atoms with Gasteiger partial charge >= 0.3 is 6.03 Å². The second-order valence-corrected chi connectivity index (χ2v) is 7.00. The second-order valence-electron chi connectivity index (χ2n) is 5.86. The summed E-state index contributed by atoms with van der Waals surface area (Å²) < 4.78 is 6.55. The normalized spacial score (nSPS) is 16.8. The number of aromatic nitrogens is 2. The molecule has 23 heavy (non-hydrogen) atoms. The molecule has 3 rings (SSSR count). The third-order valence-corrected chi connectivity index (χ3v) is 4.58. The van der Waals surface area contributed by atoms with Crippen molar-refractivity contribution in [1.29, 1.82) is 0 Å². The van der Waals surface area contributed by atoms with Crippen molar-refractivity contribution in [2.45, 2.75) is 19.4 Å². The van der Waals surface area contributed by atoms with Crippen molar-refractivity contribution in [3.05, 3.63) is 39.7 Å². The van der Waals surface area contributed by atoms with Crippen LogP contribution in [0.4, 0.5) is 4.79 Å². The van der Waals surface area contributed by atoms with Crippen LogP contribution >= 0.6 is 34.8 Å². The van der Waals surface area contributed by atoms with Gasteiger partial charge in [0, 0.05) is 10.6 Å². The van der Waals surface area contributed by atoms with Crippen LogP contribution in [-0.4, -0.2) is 39.4 Å². The molecule has 1 saturated heterocycles. The van der Waals surface area contributed by atoms with Gasteiger partial charge in [0.05, 0.1) is 12.1 Å². The molecule has 5 nitrogen and oxygen atoms in total. The Bertz CT molecular complexity index is 756. The third kappa shape index (κ3) is 2.94. The Kier molecular flexibility index (Phi) is 4.31. The molecule has 0 atom stereocenters. The fraction of sp³-hybridized carbons (Fsp3) is 0.333. The van der Waals surface area contributed by atoms with Gasteiger partial charge in [0.25, 0.3) is 0 Å². The van der Waals surface area contributed by atoms with Gasteiger partial charge in [-0.25, -0.2) is 14.3 Å². The molecule has 2 heterocycles. The molecule has 0 radical (unpaired) electrons. The van der Waals surface area contributed by atoms with Crippen LogP contribution in [0.3, 0.4) is 0 Å². The SMILES string of the molecule is CC1(C)COCN1C(=O)n1c(Cl)nc(-c2ccc(Cl)cc2)c1Cl. The van der Waals surface area contributed by atoms with E-state index in [0.717, 1.165) is 5.56 Å². The smallest absolute Gasteiger partial charge is 0.334 e. The molecule has 8 heteroatoms. The number of nitrogens with zero attached hydrogens (tertiary/aromatic N) is 3. The number of carbonyl (C=O) groups excluding carboxylic acids is 1. The van der Waals surface area contributed by atoms with Crippen molar-refractivity contribution in [3.8, 4) is 11.3 Å². The van der Waals surface area contributed by atoms with E-state index in [1.165, 1.54) is 4.57 Å². The highest BCUT2D eigenvalue weighted by molar-refractivity contribution is 6.36. The standard InChI is InChI=1S/C15H14Cl3N3O2/c1-15(2)7-23-8-20(15)14(22)21-12(17)11(19-13(21)18)9-3-5-10(16)6-4-9/h3-6H,7-8H2,1-2H3. The average Bonchev–Trinajstić information content (AvgIpc) is 2.98. The first-order valence-electron chi connectivity index (χ1n) is 6.90. The third-order valence-electron chi connectivity index (χ3n) is 3.73. The zero-order valence-corrected chi connectivity index (χ0v) is 14.8. The van der Waals surface area contributed by atoms with Crippen LogP contribution in [0.5, 0.6) is 0 Å². The van der Waals surface area contributed by atoms with Gasteiger partial charge in [-0.05, 0) is 37.6 Å². The Morgan fingerprint density at radius 1 is 1.22 bits per heavy atom. The van der Waals surface area contributed by atoms with Crippen LogP contribution in [0.1, 0.15) is 13.8 Å². The minimum atomic E-state index is -0.436. The fourth-order valence-corrected chi connectivity index (χ4v) is 3.12. The molecule has 122 valence electrons. The maximum atomic E-state index is 12.8. The van der Waals surface area contributed by atoms with Crippen molar-refractivity contribution in [3.63, 3.8) is 0 Å². The highest BCUT2D eigenvalue weighted by Gasteiger charge is 2.39. The Morgan fingerprint density at radius 3 is 2.43 bits per heavy atom. The molecule has 1 aliphatic heterocycles. The van der Waals surface area contributed by atoms with E-state index >= 15 is 0 Å². The molecule has 1 fully saturated rings. The van der Waals surface area contributed by atoms with Gasteiger partial charge in [-0.15, -0.1) is 0 Å². The van der Waals surface area contributed by atoms with Gasteiger partial charge in [0.15, 0.2) is 0 Å². The lowest BCUT2D eigenvalue weighted by Gasteiger charge is -2.29. The number of ether oxygens (including phenoxy) is 1. The summed E-state index contributed by atoms with van der Waals surface area (Å²) in [7, 11) is 0. The zero-order chi connectivity index (χ0) is 16.8. The summed E-state index contributed by atoms with van der Waals surface area (Å²) in [6, 6.07) is 6.61. The van der Waals surface area contributed by atoms with Gasteiger partial charge in [-0.2, -0.15) is 0 Å². The first-order chi connectivity index (χ1) is 10.8. The molecule has 1 aromatic heterocycles. The summed E-state index contributed by atoms with van der Waals surface area (Å²) in [5, 5.41) is 0.764. The average molecular weight is 375 g/mol. The van der Waals surface area contributed by atoms with Crippen molar-refractivity contribution in [1.82, 2.24) is 14.5 Å². The number of halogens is 3. The fourth-order valence-electron chi connectivity index (χ4n) is 2.40. The molecule has 1 aliphatic rings. The predicted molar refractivity (Wildman–Crippen MR) is 90.2 cm³/mol. The second kappa shape index (κ2) is 5.98. The number of carbonyl (C=O) groups is 1. The first kappa shape index (κ1) is 16.6. The number of imidazole rings is 1. The number of hydrogen-bond acceptors (Lipinski definition) is 3. The van der Waals surface area contributed by atoms with E-state index in [4.69, 9.17) is 39.5 Å². The lowest BCUT2D eigenvalue weighted by atomic mass is 10.1. The molecule has 0 spiro atoms. The van der Waals surface area contributed by atoms with E-state index in [1.54, 1.807) is 29.2 Å². The van der Waals surface area contributed by atoms with Gasteiger partial charge in [0.2, 0.25) is 5.28 Å². The Labute approximate surface area is 148 Å². The lowest BCUT2D eigenvalue weighted by molar-refractivity contribution is 0.140. The molecule has 0 saturated carbocycles. The van der Waals surface area contributed by atoms with E-state index in [1.807, 2.05) is 13.8 Å². The Hall–Kier alpha value is -1.27. The summed E-state index contributed by atoms with van der Waals surface area (Å²) in [6.07, 6.45) is 0. The van der Waals surface area contributed by atoms with Crippen LogP contribution in [-0.2, 0) is 4.74 Å². The quantitative estimate of drug-likeness (QED) is 0.736. The lowest BCUT2D eigenvalue weighted by Crippen LogP contribution is -2.46. The van der Waals surface area contributed by atoms with Crippen molar-refractivity contribution in [2.75, 3.05) is 13.3 Å². The first-order valence-corrected chi connectivity index (χ1v) is 8.04. The van der Waals surface area contributed by atoms with E-state index in [0.29, 0.717) is 17.3 Å². The van der Waals surface area contributed by atoms with Crippen LogP contribution < -0.4 is 0 Å². The van der Waals surface area contributed by atoms with Crippen LogP contribution in [0.25, 0.3) is 11.3 Å². The maximum Gasteiger partial charge on any atom is 0.334 e. The maximum absolute atomic E-state index is 12.8. The Morgan fingerprint density at radius 2 is 1.87 bits per heavy atom. The van der Waals surface area contributed by atoms with E-state index < -0.39 is 5.54 Å². The number of benzene rings is 1. The molecule has 2 aromatic rings. The monoisotopic (exact) mass is 373 g/mol. The Balaban J connectivity index is 2.01. The summed E-state index contributed by atoms with van der Waals surface area (Å²) in [4.78, 5) is 18.6. The molecule has 0 unspecified atom stereocenters. The van der Waals surface area contributed by atoms with E-state index in [2.05, 4.69) is 4.98 Å². The predicted octanol–water partition coefficient (Wildman–Crippen LogP) is 4.55. The summed E-state index contributed by atoms with van der Waals surface area (Å²) >= 11 is 18.4. The van der Waals surface area contributed by atoms with Gasteiger partial charge in [-0.1, -0.05) is 35.3 Å². The summed E-state index contributed by atoms with van der Waals surface area (Å²) in [5.41, 5.74) is 0.721. The number of amides is 1. The van der Waals surface area contributed by atoms with Crippen LogP contribution in [0.2, 0.25) is 15.5 Å².